The predicted molar refractivity (Wildman–Crippen MR) is 79.7 cm³/mol. The molecule has 3 rings (SSSR count). The molecule has 1 aliphatic rings. The molecule has 1 heterocycles. The van der Waals surface area contributed by atoms with E-state index in [9.17, 15) is 14.7 Å². The summed E-state index contributed by atoms with van der Waals surface area (Å²) in [6, 6.07) is 13.5. The summed E-state index contributed by atoms with van der Waals surface area (Å²) in [5.41, 5.74) is 1.38. The van der Waals surface area contributed by atoms with Crippen LogP contribution >= 0.6 is 11.6 Å². The fourth-order valence-corrected chi connectivity index (χ4v) is 2.36. The minimum Gasteiger partial charge on any atom is -0.375 e. The first kappa shape index (κ1) is 13.6. The largest absolute Gasteiger partial charge is 0.375 e. The number of fused-ring (bicyclic) bond motifs is 1. The van der Waals surface area contributed by atoms with E-state index in [1.54, 1.807) is 42.5 Å². The Bertz CT molecular complexity index is 718. The number of nitrogens with one attached hydrogen (secondary N) is 1. The van der Waals surface area contributed by atoms with Gasteiger partial charge in [-0.05, 0) is 30.3 Å². The van der Waals surface area contributed by atoms with Crippen molar-refractivity contribution in [2.45, 2.75) is 6.10 Å². The van der Waals surface area contributed by atoms with Crippen molar-refractivity contribution in [2.75, 3.05) is 10.2 Å². The van der Waals surface area contributed by atoms with Gasteiger partial charge < -0.3 is 10.4 Å². The number of aliphatic hydroxyl groups excluding tert-OH is 1. The van der Waals surface area contributed by atoms with Crippen LogP contribution in [0.25, 0.3) is 0 Å². The highest BCUT2D eigenvalue weighted by molar-refractivity contribution is 6.31. The molecule has 106 valence electrons. The average Bonchev–Trinajstić information content (AvgIpc) is 2.58. The van der Waals surface area contributed by atoms with Crippen molar-refractivity contribution in [2.24, 2.45) is 0 Å². The average molecular weight is 303 g/mol. The van der Waals surface area contributed by atoms with E-state index in [-0.39, 0.29) is 0 Å². The highest BCUT2D eigenvalue weighted by atomic mass is 35.5. The molecular formula is C15H11ClN2O3. The van der Waals surface area contributed by atoms with E-state index in [0.29, 0.717) is 22.1 Å². The molecule has 2 aromatic rings. The molecule has 1 unspecified atom stereocenters. The number of amides is 2. The Labute approximate surface area is 125 Å². The number of carbonyl (C=O) groups is 2. The molecule has 2 amide bonds. The lowest BCUT2D eigenvalue weighted by molar-refractivity contribution is -0.135. The zero-order chi connectivity index (χ0) is 15.0. The number of nitrogens with zero attached hydrogens (tertiary/aromatic N) is 1. The molecule has 0 radical (unpaired) electrons. The first-order chi connectivity index (χ1) is 10.1. The third kappa shape index (κ3) is 2.37. The Kier molecular flexibility index (Phi) is 3.37. The van der Waals surface area contributed by atoms with E-state index in [4.69, 9.17) is 11.6 Å². The van der Waals surface area contributed by atoms with Crippen LogP contribution in [-0.2, 0) is 9.59 Å². The SMILES string of the molecule is O=C1Nc2ccc(Cl)cc2N(c2ccccc2)C(=O)C1O. The molecule has 6 heteroatoms. The van der Waals surface area contributed by atoms with E-state index >= 15 is 0 Å². The molecule has 0 bridgehead atoms. The minimum absolute atomic E-state index is 0.415. The minimum atomic E-state index is -1.77. The van der Waals surface area contributed by atoms with Crippen molar-refractivity contribution < 1.29 is 14.7 Å². The number of rotatable bonds is 1. The van der Waals surface area contributed by atoms with Gasteiger partial charge in [-0.15, -0.1) is 0 Å². The molecule has 0 fully saturated rings. The highest BCUT2D eigenvalue weighted by Crippen LogP contribution is 2.36. The van der Waals surface area contributed by atoms with Crippen molar-refractivity contribution >= 4 is 40.5 Å². The van der Waals surface area contributed by atoms with Crippen LogP contribution in [0.5, 0.6) is 0 Å². The van der Waals surface area contributed by atoms with Gasteiger partial charge in [0.1, 0.15) is 0 Å². The molecule has 0 spiro atoms. The van der Waals surface area contributed by atoms with Crippen LogP contribution in [0.3, 0.4) is 0 Å². The quantitative estimate of drug-likeness (QED) is 0.794. The molecule has 5 nitrogen and oxygen atoms in total. The maximum absolute atomic E-state index is 12.4. The lowest BCUT2D eigenvalue weighted by Gasteiger charge is -2.23. The van der Waals surface area contributed by atoms with E-state index in [1.165, 1.54) is 4.90 Å². The first-order valence-electron chi connectivity index (χ1n) is 6.25. The summed E-state index contributed by atoms with van der Waals surface area (Å²) in [6.07, 6.45) is -1.77. The van der Waals surface area contributed by atoms with Crippen LogP contribution in [0.2, 0.25) is 5.02 Å². The molecule has 0 saturated carbocycles. The Morgan fingerprint density at radius 2 is 1.81 bits per heavy atom. The third-order valence-corrected chi connectivity index (χ3v) is 3.41. The zero-order valence-electron chi connectivity index (χ0n) is 10.8. The van der Waals surface area contributed by atoms with Crippen LogP contribution in [0, 0.1) is 0 Å². The van der Waals surface area contributed by atoms with Crippen LogP contribution in [-0.4, -0.2) is 23.0 Å². The van der Waals surface area contributed by atoms with Gasteiger partial charge in [0, 0.05) is 10.7 Å². The molecular weight excluding hydrogens is 292 g/mol. The Morgan fingerprint density at radius 3 is 2.52 bits per heavy atom. The number of aliphatic hydroxyl groups is 1. The van der Waals surface area contributed by atoms with E-state index in [0.717, 1.165) is 0 Å². The third-order valence-electron chi connectivity index (χ3n) is 3.18. The smallest absolute Gasteiger partial charge is 0.270 e. The Balaban J connectivity index is 2.23. The van der Waals surface area contributed by atoms with Crippen LogP contribution in [0.1, 0.15) is 0 Å². The number of para-hydroxylation sites is 1. The molecule has 1 atom stereocenters. The number of anilines is 3. The van der Waals surface area contributed by atoms with Crippen LogP contribution in [0.4, 0.5) is 17.1 Å². The van der Waals surface area contributed by atoms with Crippen LogP contribution < -0.4 is 10.2 Å². The molecule has 2 N–H and O–H groups in total. The second-order valence-corrected chi connectivity index (χ2v) is 5.00. The standard InChI is InChI=1S/C15H11ClN2O3/c16-9-6-7-11-12(8-9)18(10-4-2-1-3-5-10)15(21)13(19)14(20)17-11/h1-8,13,19H,(H,17,20). The van der Waals surface area contributed by atoms with Crippen LogP contribution in [0.15, 0.2) is 48.5 Å². The fourth-order valence-electron chi connectivity index (χ4n) is 2.19. The summed E-state index contributed by atoms with van der Waals surface area (Å²) < 4.78 is 0. The first-order valence-corrected chi connectivity index (χ1v) is 6.63. The number of hydrogen-bond acceptors (Lipinski definition) is 3. The summed E-state index contributed by atoms with van der Waals surface area (Å²) in [4.78, 5) is 25.5. The molecule has 21 heavy (non-hydrogen) atoms. The summed E-state index contributed by atoms with van der Waals surface area (Å²) in [6.45, 7) is 0. The number of hydrogen-bond donors (Lipinski definition) is 2. The van der Waals surface area contributed by atoms with E-state index in [2.05, 4.69) is 5.32 Å². The second kappa shape index (κ2) is 5.20. The van der Waals surface area contributed by atoms with E-state index < -0.39 is 17.9 Å². The van der Waals surface area contributed by atoms with Gasteiger partial charge in [-0.25, -0.2) is 0 Å². The van der Waals surface area contributed by atoms with Gasteiger partial charge in [0.25, 0.3) is 11.8 Å². The molecule has 0 aromatic heterocycles. The Morgan fingerprint density at radius 1 is 1.10 bits per heavy atom. The van der Waals surface area contributed by atoms with Gasteiger partial charge in [0.15, 0.2) is 0 Å². The predicted octanol–water partition coefficient (Wildman–Crippen LogP) is 2.32. The van der Waals surface area contributed by atoms with Gasteiger partial charge in [-0.3, -0.25) is 14.5 Å². The fraction of sp³-hybridized carbons (Fsp3) is 0.0667. The lowest BCUT2D eigenvalue weighted by atomic mass is 10.2. The van der Waals surface area contributed by atoms with Gasteiger partial charge in [-0.2, -0.15) is 0 Å². The van der Waals surface area contributed by atoms with Crippen molar-refractivity contribution in [3.05, 3.63) is 53.6 Å². The number of carbonyl (C=O) groups excluding carboxylic acids is 2. The molecule has 0 saturated heterocycles. The summed E-state index contributed by atoms with van der Waals surface area (Å²) >= 11 is 5.99. The lowest BCUT2D eigenvalue weighted by Crippen LogP contribution is -2.40. The molecule has 2 aromatic carbocycles. The van der Waals surface area contributed by atoms with E-state index in [1.807, 2.05) is 6.07 Å². The van der Waals surface area contributed by atoms with Crippen molar-refractivity contribution in [1.82, 2.24) is 0 Å². The van der Waals surface area contributed by atoms with Crippen molar-refractivity contribution in [3.8, 4) is 0 Å². The number of halogens is 1. The number of benzene rings is 2. The molecule has 1 aliphatic heterocycles. The zero-order valence-corrected chi connectivity index (χ0v) is 11.5. The second-order valence-electron chi connectivity index (χ2n) is 4.56. The molecule has 0 aliphatic carbocycles. The van der Waals surface area contributed by atoms with Gasteiger partial charge >= 0.3 is 0 Å². The summed E-state index contributed by atoms with van der Waals surface area (Å²) in [5, 5.41) is 12.8. The highest BCUT2D eigenvalue weighted by Gasteiger charge is 2.35. The maximum Gasteiger partial charge on any atom is 0.270 e. The summed E-state index contributed by atoms with van der Waals surface area (Å²) in [7, 11) is 0. The van der Waals surface area contributed by atoms with Gasteiger partial charge in [0.05, 0.1) is 11.4 Å². The Hall–Kier alpha value is -2.37. The van der Waals surface area contributed by atoms with Gasteiger partial charge in [-0.1, -0.05) is 29.8 Å². The van der Waals surface area contributed by atoms with Crippen molar-refractivity contribution in [3.63, 3.8) is 0 Å². The topological polar surface area (TPSA) is 69.6 Å². The maximum atomic E-state index is 12.4. The monoisotopic (exact) mass is 302 g/mol. The summed E-state index contributed by atoms with van der Waals surface area (Å²) in [5.74, 6) is -1.48. The van der Waals surface area contributed by atoms with Gasteiger partial charge in [0.2, 0.25) is 6.10 Å². The van der Waals surface area contributed by atoms with Crippen molar-refractivity contribution in [1.29, 1.82) is 0 Å². The normalized spacial score (nSPS) is 18.0.